The summed E-state index contributed by atoms with van der Waals surface area (Å²) >= 11 is 0. The molecular formula is C15H25N3O3. The van der Waals surface area contributed by atoms with Crippen molar-refractivity contribution in [1.82, 2.24) is 10.1 Å². The van der Waals surface area contributed by atoms with Crippen LogP contribution in [0.1, 0.15) is 58.3 Å². The molecule has 1 heterocycles. The van der Waals surface area contributed by atoms with E-state index in [9.17, 15) is 9.90 Å². The second-order valence-corrected chi connectivity index (χ2v) is 5.84. The Morgan fingerprint density at radius 3 is 2.38 bits per heavy atom. The third-order valence-corrected chi connectivity index (χ3v) is 4.51. The molecule has 1 aliphatic rings. The number of carbonyl (C=O) groups is 1. The first-order valence-corrected chi connectivity index (χ1v) is 7.92. The summed E-state index contributed by atoms with van der Waals surface area (Å²) in [7, 11) is 0. The van der Waals surface area contributed by atoms with E-state index in [4.69, 9.17) is 4.52 Å². The second kappa shape index (κ2) is 6.91. The highest BCUT2D eigenvalue weighted by molar-refractivity contribution is 5.75. The molecular weight excluding hydrogens is 270 g/mol. The number of rotatable bonds is 6. The van der Waals surface area contributed by atoms with Gasteiger partial charge < -0.3 is 14.5 Å². The molecule has 2 rings (SSSR count). The largest absolute Gasteiger partial charge is 0.481 e. The molecule has 1 aromatic rings. The molecule has 1 fully saturated rings. The lowest BCUT2D eigenvalue weighted by atomic mass is 9.77. The van der Waals surface area contributed by atoms with Crippen LogP contribution in [0.2, 0.25) is 0 Å². The molecule has 0 spiro atoms. The van der Waals surface area contributed by atoms with Gasteiger partial charge in [0.15, 0.2) is 0 Å². The van der Waals surface area contributed by atoms with E-state index in [0.29, 0.717) is 31.1 Å². The number of carboxylic acid groups (broad SMARTS) is 1. The third kappa shape index (κ3) is 3.54. The van der Waals surface area contributed by atoms with Gasteiger partial charge in [0, 0.05) is 19.5 Å². The quantitative estimate of drug-likeness (QED) is 0.813. The molecule has 21 heavy (non-hydrogen) atoms. The zero-order valence-corrected chi connectivity index (χ0v) is 13.0. The number of nitrogens with zero attached hydrogens (tertiary/aromatic N) is 3. The monoisotopic (exact) mass is 295 g/mol. The first-order chi connectivity index (χ1) is 10.1. The Morgan fingerprint density at radius 1 is 1.24 bits per heavy atom. The molecule has 1 aliphatic carbocycles. The minimum Gasteiger partial charge on any atom is -0.481 e. The lowest BCUT2D eigenvalue weighted by Gasteiger charge is -2.26. The summed E-state index contributed by atoms with van der Waals surface area (Å²) in [6.45, 7) is 5.67. The van der Waals surface area contributed by atoms with Gasteiger partial charge >= 0.3 is 5.97 Å². The molecule has 1 aromatic heterocycles. The number of hydrogen-bond donors (Lipinski definition) is 1. The van der Waals surface area contributed by atoms with Crippen LogP contribution in [0.15, 0.2) is 4.52 Å². The van der Waals surface area contributed by atoms with E-state index in [1.54, 1.807) is 0 Å². The molecule has 0 amide bonds. The number of hydrogen-bond acceptors (Lipinski definition) is 5. The first-order valence-electron chi connectivity index (χ1n) is 7.92. The van der Waals surface area contributed by atoms with Gasteiger partial charge in [0.05, 0.1) is 5.41 Å². The highest BCUT2D eigenvalue weighted by Gasteiger charge is 2.40. The summed E-state index contributed by atoms with van der Waals surface area (Å²) in [5, 5.41) is 13.7. The van der Waals surface area contributed by atoms with Crippen molar-refractivity contribution in [3.8, 4) is 0 Å². The maximum atomic E-state index is 11.8. The molecule has 0 aliphatic heterocycles. The zero-order valence-electron chi connectivity index (χ0n) is 13.0. The Kier molecular flexibility index (Phi) is 5.20. The van der Waals surface area contributed by atoms with E-state index in [1.807, 2.05) is 18.7 Å². The highest BCUT2D eigenvalue weighted by Crippen LogP contribution is 2.38. The Bertz CT molecular complexity index is 460. The van der Waals surface area contributed by atoms with E-state index in [2.05, 4.69) is 10.1 Å². The molecule has 6 heteroatoms. The molecule has 6 nitrogen and oxygen atoms in total. The van der Waals surface area contributed by atoms with E-state index in [0.717, 1.165) is 38.8 Å². The van der Waals surface area contributed by atoms with Crippen molar-refractivity contribution in [2.75, 3.05) is 18.0 Å². The fourth-order valence-electron chi connectivity index (χ4n) is 3.11. The molecule has 0 saturated heterocycles. The van der Waals surface area contributed by atoms with Gasteiger partial charge in [-0.2, -0.15) is 4.98 Å². The first kappa shape index (κ1) is 15.8. The Morgan fingerprint density at radius 2 is 1.86 bits per heavy atom. The third-order valence-electron chi connectivity index (χ3n) is 4.51. The normalized spacial score (nSPS) is 18.2. The van der Waals surface area contributed by atoms with Crippen molar-refractivity contribution in [3.05, 3.63) is 5.89 Å². The van der Waals surface area contributed by atoms with Gasteiger partial charge in [-0.3, -0.25) is 4.79 Å². The summed E-state index contributed by atoms with van der Waals surface area (Å²) in [5.74, 6) is 0.275. The van der Waals surface area contributed by atoms with Gasteiger partial charge in [-0.15, -0.1) is 0 Å². The van der Waals surface area contributed by atoms with E-state index in [1.165, 1.54) is 0 Å². The number of anilines is 1. The maximum absolute atomic E-state index is 11.8. The minimum absolute atomic E-state index is 0.344. The summed E-state index contributed by atoms with van der Waals surface area (Å²) in [6, 6.07) is 0. The van der Waals surface area contributed by atoms with Crippen molar-refractivity contribution in [3.63, 3.8) is 0 Å². The van der Waals surface area contributed by atoms with Crippen molar-refractivity contribution in [2.24, 2.45) is 5.41 Å². The van der Waals surface area contributed by atoms with E-state index in [-0.39, 0.29) is 0 Å². The molecule has 0 radical (unpaired) electrons. The van der Waals surface area contributed by atoms with Crippen LogP contribution >= 0.6 is 0 Å². The van der Waals surface area contributed by atoms with E-state index < -0.39 is 11.4 Å². The summed E-state index contributed by atoms with van der Waals surface area (Å²) in [5.41, 5.74) is -0.733. The predicted octanol–water partition coefficient (Wildman–Crippen LogP) is 2.88. The molecule has 118 valence electrons. The van der Waals surface area contributed by atoms with Gasteiger partial charge in [0.25, 0.3) is 5.95 Å². The van der Waals surface area contributed by atoms with Crippen molar-refractivity contribution >= 4 is 11.9 Å². The predicted molar refractivity (Wildman–Crippen MR) is 79.3 cm³/mol. The van der Waals surface area contributed by atoms with Gasteiger partial charge in [-0.25, -0.2) is 0 Å². The van der Waals surface area contributed by atoms with Gasteiger partial charge in [-0.1, -0.05) is 25.7 Å². The number of aliphatic carboxylic acids is 1. The summed E-state index contributed by atoms with van der Waals surface area (Å²) < 4.78 is 5.30. The van der Waals surface area contributed by atoms with Gasteiger partial charge in [-0.05, 0) is 31.8 Å². The van der Waals surface area contributed by atoms with E-state index >= 15 is 0 Å². The molecule has 1 saturated carbocycles. The molecule has 0 atom stereocenters. The summed E-state index contributed by atoms with van der Waals surface area (Å²) in [4.78, 5) is 18.2. The fraction of sp³-hybridized carbons (Fsp3) is 0.800. The highest BCUT2D eigenvalue weighted by atomic mass is 16.5. The Labute approximate surface area is 125 Å². The van der Waals surface area contributed by atoms with Gasteiger partial charge in [0.2, 0.25) is 5.89 Å². The van der Waals surface area contributed by atoms with Crippen molar-refractivity contribution < 1.29 is 14.4 Å². The number of aromatic nitrogens is 2. The molecule has 0 unspecified atom stereocenters. The zero-order chi connectivity index (χ0) is 15.3. The smallest absolute Gasteiger partial charge is 0.310 e. The van der Waals surface area contributed by atoms with Gasteiger partial charge in [0.1, 0.15) is 0 Å². The van der Waals surface area contributed by atoms with Crippen LogP contribution in [0.5, 0.6) is 0 Å². The topological polar surface area (TPSA) is 79.5 Å². The lowest BCUT2D eigenvalue weighted by molar-refractivity contribution is -0.150. The SMILES string of the molecule is CCN(CC)c1noc(CC2(C(=O)O)CCCCCC2)n1. The van der Waals surface area contributed by atoms with Crippen LogP contribution in [-0.2, 0) is 11.2 Å². The van der Waals surface area contributed by atoms with Crippen LogP contribution in [0.25, 0.3) is 0 Å². The lowest BCUT2D eigenvalue weighted by Crippen LogP contribution is -2.33. The fourth-order valence-corrected chi connectivity index (χ4v) is 3.11. The minimum atomic E-state index is -0.733. The average Bonchev–Trinajstić information content (AvgIpc) is 2.78. The summed E-state index contributed by atoms with van der Waals surface area (Å²) in [6.07, 6.45) is 5.90. The molecule has 1 N–H and O–H groups in total. The second-order valence-electron chi connectivity index (χ2n) is 5.84. The Hall–Kier alpha value is -1.59. The van der Waals surface area contributed by atoms with Crippen LogP contribution in [0, 0.1) is 5.41 Å². The Balaban J connectivity index is 2.15. The van der Waals surface area contributed by atoms with Crippen LogP contribution < -0.4 is 4.90 Å². The van der Waals surface area contributed by atoms with Crippen LogP contribution in [0.4, 0.5) is 5.95 Å². The average molecular weight is 295 g/mol. The van der Waals surface area contributed by atoms with Crippen LogP contribution in [0.3, 0.4) is 0 Å². The van der Waals surface area contributed by atoms with Crippen molar-refractivity contribution in [1.29, 1.82) is 0 Å². The molecule has 0 aromatic carbocycles. The standard InChI is InChI=1S/C15H25N3O3/c1-3-18(4-2)14-16-12(21-17-14)11-15(13(19)20)9-7-5-6-8-10-15/h3-11H2,1-2H3,(H,19,20). The molecule has 0 bridgehead atoms. The van der Waals surface area contributed by atoms with Crippen LogP contribution in [-0.4, -0.2) is 34.3 Å². The maximum Gasteiger partial charge on any atom is 0.310 e. The van der Waals surface area contributed by atoms with Crippen molar-refractivity contribution in [2.45, 2.75) is 58.8 Å². The number of carboxylic acids is 1.